The Labute approximate surface area is 96.6 Å². The van der Waals surface area contributed by atoms with E-state index in [0.29, 0.717) is 5.92 Å². The van der Waals surface area contributed by atoms with Crippen LogP contribution in [0.3, 0.4) is 0 Å². The van der Waals surface area contributed by atoms with E-state index in [0.717, 1.165) is 17.7 Å². The molecule has 0 aromatic heterocycles. The van der Waals surface area contributed by atoms with Gasteiger partial charge < -0.3 is 4.90 Å². The van der Waals surface area contributed by atoms with E-state index in [-0.39, 0.29) is 5.78 Å². The Hall–Kier alpha value is -1.57. The van der Waals surface area contributed by atoms with Crippen LogP contribution < -0.4 is 0 Å². The van der Waals surface area contributed by atoms with Crippen LogP contribution in [0.25, 0.3) is 0 Å². The largest absolute Gasteiger partial charge is 0.380 e. The molecule has 0 N–H and O–H groups in total. The van der Waals surface area contributed by atoms with E-state index in [1.807, 2.05) is 37.2 Å². The summed E-state index contributed by atoms with van der Waals surface area (Å²) in [5.74, 6) is 0.480. The molecular formula is C14H17NO. The zero-order valence-corrected chi connectivity index (χ0v) is 10.0. The van der Waals surface area contributed by atoms with Crippen LogP contribution in [0.5, 0.6) is 0 Å². The zero-order chi connectivity index (χ0) is 11.7. The molecule has 0 bridgehead atoms. The van der Waals surface area contributed by atoms with Gasteiger partial charge in [-0.1, -0.05) is 31.2 Å². The van der Waals surface area contributed by atoms with E-state index in [1.54, 1.807) is 6.08 Å². The SMILES string of the molecule is CCC1C(N(C)C)=CC(=O)c2ccccc21. The van der Waals surface area contributed by atoms with E-state index in [4.69, 9.17) is 0 Å². The first-order valence-corrected chi connectivity index (χ1v) is 5.67. The van der Waals surface area contributed by atoms with Gasteiger partial charge in [0.05, 0.1) is 0 Å². The topological polar surface area (TPSA) is 20.3 Å². The molecule has 1 unspecified atom stereocenters. The Morgan fingerprint density at radius 3 is 2.56 bits per heavy atom. The number of nitrogens with zero attached hydrogens (tertiary/aromatic N) is 1. The molecule has 0 aliphatic heterocycles. The van der Waals surface area contributed by atoms with Gasteiger partial charge in [-0.15, -0.1) is 0 Å². The molecule has 1 atom stereocenters. The van der Waals surface area contributed by atoms with Gasteiger partial charge >= 0.3 is 0 Å². The zero-order valence-electron chi connectivity index (χ0n) is 10.0. The minimum atomic E-state index is 0.129. The molecule has 84 valence electrons. The third kappa shape index (κ3) is 1.64. The van der Waals surface area contributed by atoms with E-state index >= 15 is 0 Å². The van der Waals surface area contributed by atoms with Gasteiger partial charge in [-0.25, -0.2) is 0 Å². The summed E-state index contributed by atoms with van der Waals surface area (Å²) in [4.78, 5) is 14.0. The van der Waals surface area contributed by atoms with Gasteiger partial charge in [-0.05, 0) is 12.0 Å². The molecule has 2 heteroatoms. The second kappa shape index (κ2) is 4.12. The summed E-state index contributed by atoms with van der Waals surface area (Å²) < 4.78 is 0. The molecule has 1 aliphatic carbocycles. The second-order valence-corrected chi connectivity index (χ2v) is 4.38. The molecule has 0 saturated heterocycles. The van der Waals surface area contributed by atoms with Gasteiger partial charge in [0.1, 0.15) is 0 Å². The monoisotopic (exact) mass is 215 g/mol. The Kier molecular flexibility index (Phi) is 2.82. The molecule has 2 nitrogen and oxygen atoms in total. The van der Waals surface area contributed by atoms with Crippen molar-refractivity contribution in [1.82, 2.24) is 4.90 Å². The number of ketones is 1. The van der Waals surface area contributed by atoms with Crippen molar-refractivity contribution in [2.75, 3.05) is 14.1 Å². The highest BCUT2D eigenvalue weighted by atomic mass is 16.1. The van der Waals surface area contributed by atoms with Crippen molar-refractivity contribution in [1.29, 1.82) is 0 Å². The number of carbonyl (C=O) groups excluding carboxylic acids is 1. The first-order valence-electron chi connectivity index (χ1n) is 5.67. The fraction of sp³-hybridized carbons (Fsp3) is 0.357. The van der Waals surface area contributed by atoms with E-state index in [1.165, 1.54) is 5.56 Å². The summed E-state index contributed by atoms with van der Waals surface area (Å²) in [5.41, 5.74) is 3.15. The average Bonchev–Trinajstić information content (AvgIpc) is 2.29. The molecule has 0 amide bonds. The maximum atomic E-state index is 12.0. The van der Waals surface area contributed by atoms with Crippen molar-refractivity contribution in [3.8, 4) is 0 Å². The van der Waals surface area contributed by atoms with Gasteiger partial charge in [0.15, 0.2) is 5.78 Å². The van der Waals surface area contributed by atoms with Crippen molar-refractivity contribution in [3.05, 3.63) is 47.2 Å². The number of carbonyl (C=O) groups is 1. The Bertz CT molecular complexity index is 446. The first-order chi connectivity index (χ1) is 7.65. The molecule has 1 aliphatic rings. The molecule has 1 aromatic carbocycles. The second-order valence-electron chi connectivity index (χ2n) is 4.38. The summed E-state index contributed by atoms with van der Waals surface area (Å²) in [7, 11) is 3.99. The van der Waals surface area contributed by atoms with Crippen LogP contribution in [0.4, 0.5) is 0 Å². The Balaban J connectivity index is 2.55. The van der Waals surface area contributed by atoms with Gasteiger partial charge in [0.25, 0.3) is 0 Å². The van der Waals surface area contributed by atoms with Crippen molar-refractivity contribution in [3.63, 3.8) is 0 Å². The van der Waals surface area contributed by atoms with Gasteiger partial charge in [0.2, 0.25) is 0 Å². The summed E-state index contributed by atoms with van der Waals surface area (Å²) in [6, 6.07) is 7.92. The molecule has 2 rings (SSSR count). The number of likely N-dealkylation sites (N-methyl/N-ethyl adjacent to an activating group) is 1. The van der Waals surface area contributed by atoms with Crippen LogP contribution in [0, 0.1) is 0 Å². The van der Waals surface area contributed by atoms with E-state index < -0.39 is 0 Å². The fourth-order valence-corrected chi connectivity index (χ4v) is 2.37. The highest BCUT2D eigenvalue weighted by molar-refractivity contribution is 6.07. The number of allylic oxidation sites excluding steroid dienone is 2. The first kappa shape index (κ1) is 10.9. The highest BCUT2D eigenvalue weighted by Gasteiger charge is 2.26. The van der Waals surface area contributed by atoms with Crippen LogP contribution in [0.15, 0.2) is 36.0 Å². The lowest BCUT2D eigenvalue weighted by molar-refractivity contribution is 0.103. The molecule has 0 radical (unpaired) electrons. The molecule has 0 spiro atoms. The molecule has 0 saturated carbocycles. The maximum Gasteiger partial charge on any atom is 0.187 e. The Morgan fingerprint density at radius 1 is 1.25 bits per heavy atom. The molecule has 0 fully saturated rings. The standard InChI is InChI=1S/C14H17NO/c1-4-10-11-7-5-6-8-12(11)14(16)9-13(10)15(2)3/h5-10H,4H2,1-3H3. The lowest BCUT2D eigenvalue weighted by atomic mass is 9.83. The molecule has 1 aromatic rings. The quantitative estimate of drug-likeness (QED) is 0.756. The minimum Gasteiger partial charge on any atom is -0.380 e. The molecule has 16 heavy (non-hydrogen) atoms. The smallest absolute Gasteiger partial charge is 0.187 e. The normalized spacial score (nSPS) is 19.1. The number of fused-ring (bicyclic) bond motifs is 1. The van der Waals surface area contributed by atoms with Crippen LogP contribution in [-0.2, 0) is 0 Å². The van der Waals surface area contributed by atoms with Crippen molar-refractivity contribution in [2.45, 2.75) is 19.3 Å². The summed E-state index contributed by atoms with van der Waals surface area (Å²) in [6.45, 7) is 2.16. The van der Waals surface area contributed by atoms with Crippen LogP contribution in [0.2, 0.25) is 0 Å². The van der Waals surface area contributed by atoms with Crippen LogP contribution in [-0.4, -0.2) is 24.8 Å². The predicted molar refractivity (Wildman–Crippen MR) is 65.6 cm³/mol. The lowest BCUT2D eigenvalue weighted by Gasteiger charge is -2.30. The molecule has 0 heterocycles. The summed E-state index contributed by atoms with van der Waals surface area (Å²) >= 11 is 0. The number of hydrogen-bond donors (Lipinski definition) is 0. The predicted octanol–water partition coefficient (Wildman–Crippen LogP) is 2.82. The minimum absolute atomic E-state index is 0.129. The third-order valence-corrected chi connectivity index (χ3v) is 3.16. The van der Waals surface area contributed by atoms with Gasteiger partial charge in [-0.3, -0.25) is 4.79 Å². The number of hydrogen-bond acceptors (Lipinski definition) is 2. The van der Waals surface area contributed by atoms with Crippen molar-refractivity contribution in [2.24, 2.45) is 0 Å². The third-order valence-electron chi connectivity index (χ3n) is 3.16. The molecular weight excluding hydrogens is 198 g/mol. The average molecular weight is 215 g/mol. The van der Waals surface area contributed by atoms with Crippen molar-refractivity contribution >= 4 is 5.78 Å². The van der Waals surface area contributed by atoms with Gasteiger partial charge in [0, 0.05) is 37.3 Å². The summed E-state index contributed by atoms with van der Waals surface area (Å²) in [6.07, 6.45) is 2.80. The lowest BCUT2D eigenvalue weighted by Crippen LogP contribution is -2.24. The highest BCUT2D eigenvalue weighted by Crippen LogP contribution is 2.35. The maximum absolute atomic E-state index is 12.0. The van der Waals surface area contributed by atoms with Crippen LogP contribution in [0.1, 0.15) is 35.2 Å². The van der Waals surface area contributed by atoms with E-state index in [9.17, 15) is 4.79 Å². The number of rotatable bonds is 2. The summed E-state index contributed by atoms with van der Waals surface area (Å²) in [5, 5.41) is 0. The fourth-order valence-electron chi connectivity index (χ4n) is 2.37. The van der Waals surface area contributed by atoms with Crippen molar-refractivity contribution < 1.29 is 4.79 Å². The van der Waals surface area contributed by atoms with Crippen LogP contribution >= 0.6 is 0 Å². The Morgan fingerprint density at radius 2 is 1.94 bits per heavy atom. The van der Waals surface area contributed by atoms with Gasteiger partial charge in [-0.2, -0.15) is 0 Å². The number of benzene rings is 1. The van der Waals surface area contributed by atoms with E-state index in [2.05, 4.69) is 13.0 Å².